The van der Waals surface area contributed by atoms with Gasteiger partial charge in [-0.1, -0.05) is 30.0 Å². The van der Waals surface area contributed by atoms with E-state index in [0.29, 0.717) is 45.9 Å². The first-order valence-corrected chi connectivity index (χ1v) is 10.7. The van der Waals surface area contributed by atoms with Gasteiger partial charge in [0, 0.05) is 29.5 Å². The third-order valence-corrected chi connectivity index (χ3v) is 5.72. The van der Waals surface area contributed by atoms with Crippen LogP contribution in [-0.4, -0.2) is 39.8 Å². The zero-order chi connectivity index (χ0) is 23.1. The van der Waals surface area contributed by atoms with Crippen LogP contribution in [-0.2, 0) is 18.8 Å². The number of benzene rings is 2. The number of nitrogens with one attached hydrogen (secondary N) is 1. The first kappa shape index (κ1) is 23.1. The Morgan fingerprint density at radius 1 is 1.16 bits per heavy atom. The molecule has 11 heteroatoms. The Labute approximate surface area is 189 Å². The van der Waals surface area contributed by atoms with Crippen LogP contribution in [0.3, 0.4) is 0 Å². The number of aromatic nitrogens is 3. The van der Waals surface area contributed by atoms with Gasteiger partial charge in [-0.05, 0) is 25.1 Å². The monoisotopic (exact) mass is 457 g/mol. The minimum Gasteiger partial charge on any atom is -0.493 e. The number of nitro groups is 1. The van der Waals surface area contributed by atoms with Crippen LogP contribution in [0.15, 0.2) is 47.6 Å². The van der Waals surface area contributed by atoms with Crippen molar-refractivity contribution in [3.8, 4) is 11.5 Å². The molecule has 1 heterocycles. The van der Waals surface area contributed by atoms with Crippen molar-refractivity contribution in [1.29, 1.82) is 0 Å². The summed E-state index contributed by atoms with van der Waals surface area (Å²) in [6, 6.07) is 11.5. The molecule has 0 saturated heterocycles. The van der Waals surface area contributed by atoms with E-state index in [1.54, 1.807) is 36.4 Å². The van der Waals surface area contributed by atoms with Gasteiger partial charge in [0.1, 0.15) is 0 Å². The van der Waals surface area contributed by atoms with Crippen molar-refractivity contribution in [3.05, 3.63) is 69.5 Å². The second kappa shape index (κ2) is 10.6. The molecule has 0 bridgehead atoms. The van der Waals surface area contributed by atoms with Gasteiger partial charge in [0.2, 0.25) is 0 Å². The van der Waals surface area contributed by atoms with Crippen LogP contribution < -0.4 is 14.8 Å². The van der Waals surface area contributed by atoms with Crippen molar-refractivity contribution in [2.75, 3.05) is 14.2 Å². The number of carbonyl (C=O) groups excluding carboxylic acids is 1. The second-order valence-electron chi connectivity index (χ2n) is 6.57. The van der Waals surface area contributed by atoms with Gasteiger partial charge in [-0.15, -0.1) is 10.2 Å². The summed E-state index contributed by atoms with van der Waals surface area (Å²) in [5, 5.41) is 23.0. The standard InChI is InChI=1S/C21H23N5O5S/c1-4-25-19(12-22-20(27)14-9-10-17(30-2)18(11-14)31-3)23-24-21(25)32-13-15-7-5-6-8-16(15)26(28)29/h5-11H,4,12-13H2,1-3H3,(H,22,27). The van der Waals surface area contributed by atoms with Crippen LogP contribution in [0.1, 0.15) is 28.7 Å². The van der Waals surface area contributed by atoms with Crippen LogP contribution in [0, 0.1) is 10.1 Å². The quantitative estimate of drug-likeness (QED) is 0.279. The molecule has 0 atom stereocenters. The van der Waals surface area contributed by atoms with Gasteiger partial charge in [-0.25, -0.2) is 0 Å². The number of methoxy groups -OCH3 is 2. The summed E-state index contributed by atoms with van der Waals surface area (Å²) in [4.78, 5) is 23.4. The molecule has 0 saturated carbocycles. The van der Waals surface area contributed by atoms with Crippen molar-refractivity contribution in [1.82, 2.24) is 20.1 Å². The van der Waals surface area contributed by atoms with Gasteiger partial charge in [0.25, 0.3) is 11.6 Å². The molecule has 1 aromatic heterocycles. The van der Waals surface area contributed by atoms with Crippen LogP contribution in [0.2, 0.25) is 0 Å². The van der Waals surface area contributed by atoms with Crippen LogP contribution in [0.5, 0.6) is 11.5 Å². The number of nitro benzene ring substituents is 1. The summed E-state index contributed by atoms with van der Waals surface area (Å²) in [5.41, 5.74) is 1.11. The number of para-hydroxylation sites is 1. The van der Waals surface area contributed by atoms with E-state index in [2.05, 4.69) is 15.5 Å². The van der Waals surface area contributed by atoms with Crippen LogP contribution >= 0.6 is 11.8 Å². The minimum absolute atomic E-state index is 0.0740. The number of ether oxygens (including phenoxy) is 2. The number of rotatable bonds is 10. The third-order valence-electron chi connectivity index (χ3n) is 4.71. The fourth-order valence-electron chi connectivity index (χ4n) is 3.07. The van der Waals surface area contributed by atoms with E-state index in [4.69, 9.17) is 9.47 Å². The molecule has 168 valence electrons. The smallest absolute Gasteiger partial charge is 0.273 e. The topological polar surface area (TPSA) is 121 Å². The summed E-state index contributed by atoms with van der Waals surface area (Å²) in [6.07, 6.45) is 0. The summed E-state index contributed by atoms with van der Waals surface area (Å²) in [7, 11) is 3.04. The summed E-state index contributed by atoms with van der Waals surface area (Å²) in [6.45, 7) is 2.71. The fraction of sp³-hybridized carbons (Fsp3) is 0.286. The molecule has 0 aliphatic rings. The molecule has 1 amide bonds. The number of amides is 1. The molecular formula is C21H23N5O5S. The minimum atomic E-state index is -0.393. The summed E-state index contributed by atoms with van der Waals surface area (Å²) in [5.74, 6) is 1.69. The first-order chi connectivity index (χ1) is 15.5. The maximum Gasteiger partial charge on any atom is 0.273 e. The number of thioether (sulfide) groups is 1. The first-order valence-electron chi connectivity index (χ1n) is 9.75. The molecule has 3 rings (SSSR count). The average Bonchev–Trinajstić information content (AvgIpc) is 3.22. The molecule has 0 spiro atoms. The van der Waals surface area contributed by atoms with E-state index >= 15 is 0 Å². The van der Waals surface area contributed by atoms with E-state index in [-0.39, 0.29) is 18.1 Å². The predicted octanol–water partition coefficient (Wildman–Crippen LogP) is 3.45. The number of carbonyl (C=O) groups is 1. The maximum atomic E-state index is 12.6. The van der Waals surface area contributed by atoms with Crippen LogP contribution in [0.25, 0.3) is 0 Å². The molecule has 10 nitrogen and oxygen atoms in total. The third kappa shape index (κ3) is 5.17. The van der Waals surface area contributed by atoms with Crippen molar-refractivity contribution in [3.63, 3.8) is 0 Å². The molecule has 0 fully saturated rings. The Hall–Kier alpha value is -3.60. The highest BCUT2D eigenvalue weighted by atomic mass is 32.2. The van der Waals surface area contributed by atoms with Crippen molar-refractivity contribution >= 4 is 23.4 Å². The lowest BCUT2D eigenvalue weighted by Crippen LogP contribution is -2.24. The lowest BCUT2D eigenvalue weighted by molar-refractivity contribution is -0.385. The van der Waals surface area contributed by atoms with Gasteiger partial charge in [-0.3, -0.25) is 14.9 Å². The Morgan fingerprint density at radius 3 is 2.59 bits per heavy atom. The number of hydrogen-bond acceptors (Lipinski definition) is 8. The van der Waals surface area contributed by atoms with E-state index in [1.807, 2.05) is 11.5 Å². The van der Waals surface area contributed by atoms with Gasteiger partial charge in [-0.2, -0.15) is 0 Å². The average molecular weight is 458 g/mol. The van der Waals surface area contributed by atoms with Gasteiger partial charge < -0.3 is 19.4 Å². The zero-order valence-corrected chi connectivity index (χ0v) is 18.7. The molecular weight excluding hydrogens is 434 g/mol. The Bertz CT molecular complexity index is 1120. The lowest BCUT2D eigenvalue weighted by Gasteiger charge is -2.11. The van der Waals surface area contributed by atoms with Gasteiger partial charge >= 0.3 is 0 Å². The summed E-state index contributed by atoms with van der Waals surface area (Å²) < 4.78 is 12.3. The van der Waals surface area contributed by atoms with E-state index in [1.165, 1.54) is 32.0 Å². The molecule has 0 unspecified atom stereocenters. The van der Waals surface area contributed by atoms with E-state index in [9.17, 15) is 14.9 Å². The highest BCUT2D eigenvalue weighted by Gasteiger charge is 2.17. The van der Waals surface area contributed by atoms with E-state index in [0.717, 1.165) is 0 Å². The van der Waals surface area contributed by atoms with E-state index < -0.39 is 4.92 Å². The zero-order valence-electron chi connectivity index (χ0n) is 17.9. The lowest BCUT2D eigenvalue weighted by atomic mass is 10.2. The van der Waals surface area contributed by atoms with Crippen molar-refractivity contribution in [2.24, 2.45) is 0 Å². The molecule has 2 aromatic carbocycles. The number of hydrogen-bond donors (Lipinski definition) is 1. The molecule has 1 N–H and O–H groups in total. The normalized spacial score (nSPS) is 10.6. The van der Waals surface area contributed by atoms with Crippen molar-refractivity contribution < 1.29 is 19.2 Å². The number of nitrogens with zero attached hydrogens (tertiary/aromatic N) is 4. The van der Waals surface area contributed by atoms with Crippen molar-refractivity contribution in [2.45, 2.75) is 30.9 Å². The highest BCUT2D eigenvalue weighted by Crippen LogP contribution is 2.28. The Kier molecular flexibility index (Phi) is 7.66. The Morgan fingerprint density at radius 2 is 1.91 bits per heavy atom. The van der Waals surface area contributed by atoms with Gasteiger partial charge in [0.15, 0.2) is 22.5 Å². The van der Waals surface area contributed by atoms with Crippen LogP contribution in [0.4, 0.5) is 5.69 Å². The molecule has 0 aliphatic heterocycles. The molecule has 32 heavy (non-hydrogen) atoms. The molecule has 3 aromatic rings. The van der Waals surface area contributed by atoms with Gasteiger partial charge in [0.05, 0.1) is 25.7 Å². The second-order valence-corrected chi connectivity index (χ2v) is 7.51. The SMILES string of the molecule is CCn1c(CNC(=O)c2ccc(OC)c(OC)c2)nnc1SCc1ccccc1[N+](=O)[O-]. The molecule has 0 radical (unpaired) electrons. The Balaban J connectivity index is 1.68. The highest BCUT2D eigenvalue weighted by molar-refractivity contribution is 7.98. The largest absolute Gasteiger partial charge is 0.493 e. The fourth-order valence-corrected chi connectivity index (χ4v) is 4.08. The maximum absolute atomic E-state index is 12.6. The summed E-state index contributed by atoms with van der Waals surface area (Å²) >= 11 is 1.36. The predicted molar refractivity (Wildman–Crippen MR) is 119 cm³/mol. The molecule has 0 aliphatic carbocycles.